The van der Waals surface area contributed by atoms with E-state index in [1.54, 1.807) is 0 Å². The van der Waals surface area contributed by atoms with Gasteiger partial charge in [-0.3, -0.25) is 4.99 Å². The van der Waals surface area contributed by atoms with E-state index in [1.807, 2.05) is 0 Å². The van der Waals surface area contributed by atoms with Crippen molar-refractivity contribution < 1.29 is 0 Å². The lowest BCUT2D eigenvalue weighted by molar-refractivity contribution is 0.151. The minimum absolute atomic E-state index is 0. The van der Waals surface area contributed by atoms with Crippen LogP contribution in [-0.4, -0.2) is 37.0 Å². The van der Waals surface area contributed by atoms with E-state index in [0.29, 0.717) is 5.41 Å². The van der Waals surface area contributed by atoms with Crippen molar-refractivity contribution in [2.75, 3.05) is 26.2 Å². The van der Waals surface area contributed by atoms with Crippen molar-refractivity contribution in [2.24, 2.45) is 10.4 Å². The van der Waals surface area contributed by atoms with E-state index in [2.05, 4.69) is 29.1 Å². The Morgan fingerprint density at radius 1 is 1.29 bits per heavy atom. The molecule has 0 aromatic heterocycles. The summed E-state index contributed by atoms with van der Waals surface area (Å²) in [5, 5.41) is 3.42. The fourth-order valence-corrected chi connectivity index (χ4v) is 2.84. The Labute approximate surface area is 122 Å². The van der Waals surface area contributed by atoms with Crippen LogP contribution in [0.25, 0.3) is 0 Å². The first-order chi connectivity index (χ1) is 7.79. The zero-order chi connectivity index (χ0) is 11.4. The zero-order valence-corrected chi connectivity index (χ0v) is 13.5. The maximum Gasteiger partial charge on any atom is 0.193 e. The molecule has 100 valence electrons. The molecule has 0 radical (unpaired) electrons. The summed E-state index contributed by atoms with van der Waals surface area (Å²) < 4.78 is 0. The third kappa shape index (κ3) is 3.48. The van der Waals surface area contributed by atoms with Crippen LogP contribution in [0.3, 0.4) is 0 Å². The number of halogens is 1. The van der Waals surface area contributed by atoms with Crippen LogP contribution in [0.15, 0.2) is 4.99 Å². The van der Waals surface area contributed by atoms with Crippen molar-refractivity contribution in [1.82, 2.24) is 10.2 Å². The molecule has 0 unspecified atom stereocenters. The number of likely N-dealkylation sites (tertiary alicyclic amines) is 1. The van der Waals surface area contributed by atoms with E-state index in [0.717, 1.165) is 25.5 Å². The van der Waals surface area contributed by atoms with Gasteiger partial charge in [0.05, 0.1) is 0 Å². The van der Waals surface area contributed by atoms with E-state index >= 15 is 0 Å². The molecular formula is C13H26IN3. The highest BCUT2D eigenvalue weighted by Crippen LogP contribution is 2.47. The quantitative estimate of drug-likeness (QED) is 0.481. The van der Waals surface area contributed by atoms with Gasteiger partial charge in [0.25, 0.3) is 0 Å². The molecule has 4 heteroatoms. The lowest BCUT2D eigenvalue weighted by atomic mass is 9.68. The molecule has 1 saturated heterocycles. The predicted octanol–water partition coefficient (Wildman–Crippen LogP) is 2.86. The van der Waals surface area contributed by atoms with Crippen LogP contribution in [0.4, 0.5) is 0 Å². The maximum atomic E-state index is 4.67. The lowest BCUT2D eigenvalue weighted by Gasteiger charge is -2.38. The van der Waals surface area contributed by atoms with Gasteiger partial charge in [0.1, 0.15) is 0 Å². The Hall–Kier alpha value is 0. The largest absolute Gasteiger partial charge is 0.357 e. The monoisotopic (exact) mass is 351 g/mol. The Morgan fingerprint density at radius 2 is 2.06 bits per heavy atom. The molecular weight excluding hydrogens is 325 g/mol. The van der Waals surface area contributed by atoms with Gasteiger partial charge in [-0.25, -0.2) is 0 Å². The summed E-state index contributed by atoms with van der Waals surface area (Å²) in [6.45, 7) is 8.71. The summed E-state index contributed by atoms with van der Waals surface area (Å²) in [6.07, 6.45) is 6.83. The fraction of sp³-hybridized carbons (Fsp3) is 0.923. The van der Waals surface area contributed by atoms with E-state index in [1.165, 1.54) is 38.8 Å². The lowest BCUT2D eigenvalue weighted by Crippen LogP contribution is -2.42. The second-order valence-electron chi connectivity index (χ2n) is 5.26. The van der Waals surface area contributed by atoms with Gasteiger partial charge < -0.3 is 10.2 Å². The second kappa shape index (κ2) is 6.81. The number of hydrogen-bond acceptors (Lipinski definition) is 1. The van der Waals surface area contributed by atoms with Crippen LogP contribution < -0.4 is 5.32 Å². The van der Waals surface area contributed by atoms with Crippen LogP contribution in [0.1, 0.15) is 46.0 Å². The molecule has 1 aliphatic carbocycles. The molecule has 1 spiro atoms. The first-order valence-electron chi connectivity index (χ1n) is 6.83. The summed E-state index contributed by atoms with van der Waals surface area (Å²) in [6, 6.07) is 0. The smallest absolute Gasteiger partial charge is 0.193 e. The van der Waals surface area contributed by atoms with Gasteiger partial charge >= 0.3 is 0 Å². The van der Waals surface area contributed by atoms with E-state index in [9.17, 15) is 0 Å². The molecule has 1 saturated carbocycles. The molecule has 17 heavy (non-hydrogen) atoms. The fourth-order valence-electron chi connectivity index (χ4n) is 2.84. The van der Waals surface area contributed by atoms with Gasteiger partial charge in [-0.15, -0.1) is 24.0 Å². The third-order valence-corrected chi connectivity index (χ3v) is 3.97. The molecule has 2 fully saturated rings. The van der Waals surface area contributed by atoms with E-state index < -0.39 is 0 Å². The molecule has 2 aliphatic rings. The number of hydrogen-bond donors (Lipinski definition) is 1. The van der Waals surface area contributed by atoms with Crippen LogP contribution in [-0.2, 0) is 0 Å². The Bertz CT molecular complexity index is 261. The molecule has 2 rings (SSSR count). The minimum atomic E-state index is 0. The highest BCUT2D eigenvalue weighted by molar-refractivity contribution is 14.0. The third-order valence-electron chi connectivity index (χ3n) is 3.97. The van der Waals surface area contributed by atoms with Gasteiger partial charge in [-0.2, -0.15) is 0 Å². The van der Waals surface area contributed by atoms with Gasteiger partial charge in [0.15, 0.2) is 5.96 Å². The molecule has 0 aromatic rings. The SMILES string of the molecule is CCCN=C(NCC)N1CCC2(CCC2)C1.I. The summed E-state index contributed by atoms with van der Waals surface area (Å²) in [5.41, 5.74) is 0.669. The first kappa shape index (κ1) is 15.1. The Balaban J connectivity index is 0.00000144. The van der Waals surface area contributed by atoms with Crippen molar-refractivity contribution in [3.05, 3.63) is 0 Å². The zero-order valence-electron chi connectivity index (χ0n) is 11.2. The van der Waals surface area contributed by atoms with Crippen LogP contribution in [0.2, 0.25) is 0 Å². The molecule has 3 nitrogen and oxygen atoms in total. The van der Waals surface area contributed by atoms with Crippen molar-refractivity contribution in [3.63, 3.8) is 0 Å². The average molecular weight is 351 g/mol. The molecule has 0 aromatic carbocycles. The van der Waals surface area contributed by atoms with Gasteiger partial charge in [-0.05, 0) is 38.0 Å². The molecule has 0 bridgehead atoms. The van der Waals surface area contributed by atoms with E-state index in [-0.39, 0.29) is 24.0 Å². The number of guanidine groups is 1. The number of aliphatic imine (C=N–C) groups is 1. The standard InChI is InChI=1S/C13H25N3.HI/c1-3-9-15-12(14-4-2)16-10-8-13(11-16)6-5-7-13;/h3-11H2,1-2H3,(H,14,15);1H. The molecule has 1 N–H and O–H groups in total. The molecule has 0 amide bonds. The van der Waals surface area contributed by atoms with Gasteiger partial charge in [-0.1, -0.05) is 13.3 Å². The van der Waals surface area contributed by atoms with Crippen LogP contribution in [0, 0.1) is 5.41 Å². The molecule has 1 aliphatic heterocycles. The number of nitrogens with zero attached hydrogens (tertiary/aromatic N) is 2. The summed E-state index contributed by atoms with van der Waals surface area (Å²) in [4.78, 5) is 7.14. The second-order valence-corrected chi connectivity index (χ2v) is 5.26. The summed E-state index contributed by atoms with van der Waals surface area (Å²) >= 11 is 0. The van der Waals surface area contributed by atoms with Crippen LogP contribution >= 0.6 is 24.0 Å². The maximum absolute atomic E-state index is 4.67. The highest BCUT2D eigenvalue weighted by Gasteiger charge is 2.43. The highest BCUT2D eigenvalue weighted by atomic mass is 127. The van der Waals surface area contributed by atoms with E-state index in [4.69, 9.17) is 0 Å². The minimum Gasteiger partial charge on any atom is -0.357 e. The molecule has 1 heterocycles. The van der Waals surface area contributed by atoms with Gasteiger partial charge in [0, 0.05) is 26.2 Å². The normalized spacial score (nSPS) is 22.2. The Kier molecular flexibility index (Phi) is 6.03. The summed E-state index contributed by atoms with van der Waals surface area (Å²) in [7, 11) is 0. The first-order valence-corrected chi connectivity index (χ1v) is 6.83. The number of rotatable bonds is 3. The number of nitrogens with one attached hydrogen (secondary N) is 1. The van der Waals surface area contributed by atoms with Crippen LogP contribution in [0.5, 0.6) is 0 Å². The van der Waals surface area contributed by atoms with Crippen molar-refractivity contribution in [3.8, 4) is 0 Å². The average Bonchev–Trinajstić information content (AvgIpc) is 2.69. The van der Waals surface area contributed by atoms with Gasteiger partial charge in [0.2, 0.25) is 0 Å². The topological polar surface area (TPSA) is 27.6 Å². The summed E-state index contributed by atoms with van der Waals surface area (Å²) in [5.74, 6) is 1.15. The Morgan fingerprint density at radius 3 is 2.53 bits per heavy atom. The van der Waals surface area contributed by atoms with Crippen molar-refractivity contribution in [2.45, 2.75) is 46.0 Å². The predicted molar refractivity (Wildman–Crippen MR) is 84.2 cm³/mol. The molecule has 0 atom stereocenters. The van der Waals surface area contributed by atoms with Crippen molar-refractivity contribution in [1.29, 1.82) is 0 Å². The van der Waals surface area contributed by atoms with Crippen molar-refractivity contribution >= 4 is 29.9 Å².